The summed E-state index contributed by atoms with van der Waals surface area (Å²) in [6.07, 6.45) is 5.19. The van der Waals surface area contributed by atoms with E-state index in [0.717, 1.165) is 22.0 Å². The number of likely N-dealkylation sites (tertiary alicyclic amines) is 1. The lowest BCUT2D eigenvalue weighted by atomic mass is 9.85. The minimum atomic E-state index is -0.260. The molecule has 2 atom stereocenters. The van der Waals surface area contributed by atoms with Gasteiger partial charge < -0.3 is 5.32 Å². The maximum absolute atomic E-state index is 12.5. The fourth-order valence-electron chi connectivity index (χ4n) is 4.30. The summed E-state index contributed by atoms with van der Waals surface area (Å²) in [6, 6.07) is 14.3. The largest absolute Gasteiger partial charge is 0.302 e. The molecule has 1 aromatic heterocycles. The molecule has 7 heteroatoms. The van der Waals surface area contributed by atoms with Crippen LogP contribution in [0.5, 0.6) is 0 Å². The fourth-order valence-corrected chi connectivity index (χ4v) is 5.03. The van der Waals surface area contributed by atoms with Crippen LogP contribution in [0, 0.1) is 11.8 Å². The predicted molar refractivity (Wildman–Crippen MR) is 120 cm³/mol. The van der Waals surface area contributed by atoms with E-state index in [0.29, 0.717) is 18.0 Å². The van der Waals surface area contributed by atoms with Gasteiger partial charge in [0.2, 0.25) is 17.7 Å². The molecule has 1 N–H and O–H groups in total. The maximum Gasteiger partial charge on any atom is 0.233 e. The van der Waals surface area contributed by atoms with Crippen LogP contribution in [0.4, 0.5) is 5.13 Å². The number of carbonyl (C=O) groups excluding carboxylic acids is 3. The number of amides is 3. The van der Waals surface area contributed by atoms with Gasteiger partial charge in [0, 0.05) is 23.9 Å². The van der Waals surface area contributed by atoms with Crippen LogP contribution >= 0.6 is 11.3 Å². The molecule has 0 spiro atoms. The molecule has 0 saturated carbocycles. The van der Waals surface area contributed by atoms with Gasteiger partial charge in [0.15, 0.2) is 5.13 Å². The molecule has 6 nitrogen and oxygen atoms in total. The molecular weight excluding hydrogens is 410 g/mol. The van der Waals surface area contributed by atoms with Crippen LogP contribution in [0.2, 0.25) is 0 Å². The van der Waals surface area contributed by atoms with Gasteiger partial charge in [0.1, 0.15) is 0 Å². The first-order chi connectivity index (χ1) is 15.1. The number of hydrogen-bond donors (Lipinski definition) is 1. The molecule has 0 bridgehead atoms. The summed E-state index contributed by atoms with van der Waals surface area (Å²) in [7, 11) is 0. The van der Waals surface area contributed by atoms with E-state index in [1.165, 1.54) is 16.2 Å². The lowest BCUT2D eigenvalue weighted by molar-refractivity contribution is -0.140. The van der Waals surface area contributed by atoms with E-state index in [-0.39, 0.29) is 42.5 Å². The summed E-state index contributed by atoms with van der Waals surface area (Å²) in [4.78, 5) is 43.2. The Balaban J connectivity index is 1.21. The van der Waals surface area contributed by atoms with Gasteiger partial charge in [-0.15, -0.1) is 11.3 Å². The van der Waals surface area contributed by atoms with Crippen molar-refractivity contribution in [3.8, 4) is 11.3 Å². The number of benzene rings is 2. The Labute approximate surface area is 183 Å². The molecule has 0 radical (unpaired) electrons. The average Bonchev–Trinajstić information content (AvgIpc) is 3.35. The van der Waals surface area contributed by atoms with Gasteiger partial charge in [-0.1, -0.05) is 48.6 Å². The summed E-state index contributed by atoms with van der Waals surface area (Å²) in [5.74, 6) is -1.08. The van der Waals surface area contributed by atoms with Crippen molar-refractivity contribution in [2.75, 3.05) is 11.9 Å². The van der Waals surface area contributed by atoms with Gasteiger partial charge in [-0.05, 0) is 29.7 Å². The molecule has 2 aromatic carbocycles. The number of hydrogen-bond acceptors (Lipinski definition) is 5. The van der Waals surface area contributed by atoms with Crippen molar-refractivity contribution in [1.82, 2.24) is 9.88 Å². The second-order valence-corrected chi connectivity index (χ2v) is 8.74. The van der Waals surface area contributed by atoms with Crippen molar-refractivity contribution in [3.05, 3.63) is 60.0 Å². The maximum atomic E-state index is 12.5. The Bertz CT molecular complexity index is 1190. The highest BCUT2D eigenvalue weighted by Crippen LogP contribution is 2.35. The number of aromatic nitrogens is 1. The molecule has 1 aliphatic heterocycles. The summed E-state index contributed by atoms with van der Waals surface area (Å²) < 4.78 is 0. The topological polar surface area (TPSA) is 79.4 Å². The number of nitrogens with one attached hydrogen (secondary N) is 1. The van der Waals surface area contributed by atoms with Crippen molar-refractivity contribution in [2.24, 2.45) is 11.8 Å². The first-order valence-corrected chi connectivity index (χ1v) is 11.2. The van der Waals surface area contributed by atoms with Gasteiger partial charge >= 0.3 is 0 Å². The Morgan fingerprint density at radius 2 is 1.74 bits per heavy atom. The highest BCUT2D eigenvalue weighted by atomic mass is 32.1. The molecule has 1 saturated heterocycles. The van der Waals surface area contributed by atoms with Crippen LogP contribution in [0.15, 0.2) is 60.0 Å². The smallest absolute Gasteiger partial charge is 0.233 e. The van der Waals surface area contributed by atoms with Crippen molar-refractivity contribution < 1.29 is 14.4 Å². The summed E-state index contributed by atoms with van der Waals surface area (Å²) in [6.45, 7) is 0.111. The van der Waals surface area contributed by atoms with E-state index in [2.05, 4.69) is 34.6 Å². The molecule has 2 heterocycles. The van der Waals surface area contributed by atoms with Gasteiger partial charge in [-0.25, -0.2) is 4.98 Å². The predicted octanol–water partition coefficient (Wildman–Crippen LogP) is 4.24. The van der Waals surface area contributed by atoms with Crippen LogP contribution in [0.1, 0.15) is 19.3 Å². The number of thiazole rings is 1. The third-order valence-electron chi connectivity index (χ3n) is 5.96. The monoisotopic (exact) mass is 431 g/mol. The van der Waals surface area contributed by atoms with Gasteiger partial charge in [-0.3, -0.25) is 19.3 Å². The number of imide groups is 1. The van der Waals surface area contributed by atoms with E-state index >= 15 is 0 Å². The van der Waals surface area contributed by atoms with E-state index in [1.54, 1.807) is 0 Å². The third kappa shape index (κ3) is 3.77. The molecule has 156 valence electrons. The molecule has 1 fully saturated rings. The van der Waals surface area contributed by atoms with Crippen molar-refractivity contribution in [2.45, 2.75) is 19.3 Å². The van der Waals surface area contributed by atoms with Gasteiger partial charge in [0.25, 0.3) is 0 Å². The normalized spacial score (nSPS) is 20.3. The molecule has 3 amide bonds. The van der Waals surface area contributed by atoms with Crippen LogP contribution in [-0.2, 0) is 14.4 Å². The Morgan fingerprint density at radius 3 is 2.48 bits per heavy atom. The second-order valence-electron chi connectivity index (χ2n) is 7.88. The molecule has 2 aliphatic rings. The standard InChI is InChI=1S/C24H21N3O3S/c28-21(11-12-27-22(29)18-7-3-4-8-19(18)23(27)30)26-24-25-20(14-31-24)17-10-9-15-5-1-2-6-16(15)13-17/h1-6,9-10,13-14,18-19H,7-8,11-12H2,(H,25,26,28)/t18-,19-/m1/s1. The zero-order chi connectivity index (χ0) is 21.4. The van der Waals surface area contributed by atoms with Gasteiger partial charge in [-0.2, -0.15) is 0 Å². The SMILES string of the molecule is O=C(CCN1C(=O)[C@@H]2CC=CC[C@H]2C1=O)Nc1nc(-c2ccc3ccccc3c2)cs1. The first kappa shape index (κ1) is 19.6. The number of allylic oxidation sites excluding steroid dienone is 2. The first-order valence-electron chi connectivity index (χ1n) is 10.3. The van der Waals surface area contributed by atoms with E-state index in [9.17, 15) is 14.4 Å². The zero-order valence-corrected chi connectivity index (χ0v) is 17.6. The molecule has 0 unspecified atom stereocenters. The average molecular weight is 432 g/mol. The number of nitrogens with zero attached hydrogens (tertiary/aromatic N) is 2. The van der Waals surface area contributed by atoms with Crippen LogP contribution in [-0.4, -0.2) is 34.2 Å². The second kappa shape index (κ2) is 8.07. The third-order valence-corrected chi connectivity index (χ3v) is 6.71. The number of carbonyl (C=O) groups is 3. The van der Waals surface area contributed by atoms with Crippen LogP contribution in [0.3, 0.4) is 0 Å². The molecular formula is C24H21N3O3S. The van der Waals surface area contributed by atoms with Crippen LogP contribution < -0.4 is 5.32 Å². The summed E-state index contributed by atoms with van der Waals surface area (Å²) in [5, 5.41) is 7.50. The van der Waals surface area contributed by atoms with Crippen LogP contribution in [0.25, 0.3) is 22.0 Å². The lowest BCUT2D eigenvalue weighted by Gasteiger charge is -2.14. The van der Waals surface area contributed by atoms with Crippen molar-refractivity contribution in [1.29, 1.82) is 0 Å². The lowest BCUT2D eigenvalue weighted by Crippen LogP contribution is -2.34. The quantitative estimate of drug-likeness (QED) is 0.484. The molecule has 5 rings (SSSR count). The highest BCUT2D eigenvalue weighted by molar-refractivity contribution is 7.14. The number of anilines is 1. The zero-order valence-electron chi connectivity index (χ0n) is 16.8. The molecule has 1 aliphatic carbocycles. The molecule has 31 heavy (non-hydrogen) atoms. The van der Waals surface area contributed by atoms with E-state index < -0.39 is 0 Å². The van der Waals surface area contributed by atoms with Crippen molar-refractivity contribution in [3.63, 3.8) is 0 Å². The fraction of sp³-hybridized carbons (Fsp3) is 0.250. The van der Waals surface area contributed by atoms with E-state index in [1.807, 2.05) is 35.7 Å². The Kier molecular flexibility index (Phi) is 5.11. The van der Waals surface area contributed by atoms with Gasteiger partial charge in [0.05, 0.1) is 17.5 Å². The summed E-state index contributed by atoms with van der Waals surface area (Å²) in [5.41, 5.74) is 1.78. The number of fused-ring (bicyclic) bond motifs is 2. The Morgan fingerprint density at radius 1 is 1.03 bits per heavy atom. The minimum Gasteiger partial charge on any atom is -0.302 e. The minimum absolute atomic E-state index is 0.0647. The summed E-state index contributed by atoms with van der Waals surface area (Å²) >= 11 is 1.35. The van der Waals surface area contributed by atoms with E-state index in [4.69, 9.17) is 0 Å². The highest BCUT2D eigenvalue weighted by Gasteiger charge is 2.46. The molecule has 3 aromatic rings. The van der Waals surface area contributed by atoms with Crippen molar-refractivity contribution >= 4 is 45.0 Å². The number of rotatable bonds is 5. The Hall–Kier alpha value is -3.32.